The molecular formula is C29H31N3O2. The van der Waals surface area contributed by atoms with Gasteiger partial charge in [-0.3, -0.25) is 0 Å². The first kappa shape index (κ1) is 22.3. The van der Waals surface area contributed by atoms with Crippen LogP contribution in [0.4, 0.5) is 0 Å². The molecule has 0 bridgehead atoms. The van der Waals surface area contributed by atoms with Crippen molar-refractivity contribution in [3.63, 3.8) is 0 Å². The fourth-order valence-corrected chi connectivity index (χ4v) is 5.43. The van der Waals surface area contributed by atoms with E-state index in [0.29, 0.717) is 36.4 Å². The zero-order valence-electron chi connectivity index (χ0n) is 20.8. The maximum absolute atomic E-state index is 6.00. The quantitative estimate of drug-likeness (QED) is 0.489. The molecule has 0 unspecified atom stereocenters. The Morgan fingerprint density at radius 1 is 0.618 bits per heavy atom. The van der Waals surface area contributed by atoms with Gasteiger partial charge in [-0.15, -0.1) is 0 Å². The Balaban J connectivity index is 1.42. The number of aliphatic imine (C=N–C) groups is 2. The normalized spacial score (nSPS) is 19.5. The Labute approximate surface area is 201 Å². The average Bonchev–Trinajstić information content (AvgIpc) is 3.43. The predicted molar refractivity (Wildman–Crippen MR) is 136 cm³/mol. The van der Waals surface area contributed by atoms with E-state index in [1.54, 1.807) is 0 Å². The highest BCUT2D eigenvalue weighted by Gasteiger charge is 2.28. The minimum atomic E-state index is -0.0157. The number of hydrogen-bond acceptors (Lipinski definition) is 5. The first-order valence-corrected chi connectivity index (χ1v) is 11.8. The molecule has 174 valence electrons. The summed E-state index contributed by atoms with van der Waals surface area (Å²) in [6, 6.07) is 14.6. The van der Waals surface area contributed by atoms with E-state index >= 15 is 0 Å². The third-order valence-corrected chi connectivity index (χ3v) is 6.63. The lowest BCUT2D eigenvalue weighted by molar-refractivity contribution is 0.316. The van der Waals surface area contributed by atoms with E-state index in [1.165, 1.54) is 44.5 Å². The maximum atomic E-state index is 6.00. The van der Waals surface area contributed by atoms with E-state index in [0.717, 1.165) is 0 Å². The second-order valence-corrected chi connectivity index (χ2v) is 9.55. The highest BCUT2D eigenvalue weighted by molar-refractivity contribution is 5.97. The van der Waals surface area contributed by atoms with Gasteiger partial charge in [-0.1, -0.05) is 41.5 Å². The van der Waals surface area contributed by atoms with Gasteiger partial charge in [0.05, 0.1) is 0 Å². The van der Waals surface area contributed by atoms with Crippen LogP contribution in [0.5, 0.6) is 0 Å². The second-order valence-electron chi connectivity index (χ2n) is 9.55. The van der Waals surface area contributed by atoms with Crippen molar-refractivity contribution < 1.29 is 9.47 Å². The van der Waals surface area contributed by atoms with Crippen LogP contribution in [0.3, 0.4) is 0 Å². The van der Waals surface area contributed by atoms with Gasteiger partial charge in [0, 0.05) is 0 Å². The monoisotopic (exact) mass is 453 g/mol. The van der Waals surface area contributed by atoms with Crippen LogP contribution in [0.15, 0.2) is 52.4 Å². The molecule has 5 heteroatoms. The predicted octanol–water partition coefficient (Wildman–Crippen LogP) is 5.97. The molecule has 3 heterocycles. The fraction of sp³-hybridized carbons (Fsp3) is 0.345. The lowest BCUT2D eigenvalue weighted by atomic mass is 9.95. The van der Waals surface area contributed by atoms with Gasteiger partial charge in [-0.25, -0.2) is 15.0 Å². The number of nitrogens with zero attached hydrogens (tertiary/aromatic N) is 3. The molecule has 0 aliphatic carbocycles. The van der Waals surface area contributed by atoms with Crippen molar-refractivity contribution in [1.82, 2.24) is 4.98 Å². The van der Waals surface area contributed by atoms with Crippen molar-refractivity contribution in [2.24, 2.45) is 9.98 Å². The minimum Gasteiger partial charge on any atom is -0.474 e. The molecule has 2 atom stereocenters. The molecule has 0 fully saturated rings. The topological polar surface area (TPSA) is 56.1 Å². The highest BCUT2D eigenvalue weighted by atomic mass is 16.5. The van der Waals surface area contributed by atoms with E-state index in [4.69, 9.17) is 24.4 Å². The molecule has 0 amide bonds. The van der Waals surface area contributed by atoms with Crippen LogP contribution in [0.25, 0.3) is 0 Å². The van der Waals surface area contributed by atoms with Crippen LogP contribution in [-0.4, -0.2) is 30.0 Å². The summed E-state index contributed by atoms with van der Waals surface area (Å²) in [7, 11) is 0. The van der Waals surface area contributed by atoms with E-state index in [9.17, 15) is 0 Å². The average molecular weight is 454 g/mol. The van der Waals surface area contributed by atoms with Crippen molar-refractivity contribution in [2.45, 2.75) is 53.6 Å². The fourth-order valence-electron chi connectivity index (χ4n) is 5.43. The molecular weight excluding hydrogens is 422 g/mol. The molecule has 3 aromatic rings. The summed E-state index contributed by atoms with van der Waals surface area (Å²) in [5.41, 5.74) is 11.4. The number of aryl methyl sites for hydroxylation is 6. The molecule has 2 aromatic carbocycles. The largest absolute Gasteiger partial charge is 0.474 e. The van der Waals surface area contributed by atoms with Crippen molar-refractivity contribution in [1.29, 1.82) is 0 Å². The smallest absolute Gasteiger partial charge is 0.236 e. The Hall–Kier alpha value is -3.47. The zero-order valence-corrected chi connectivity index (χ0v) is 20.8. The summed E-state index contributed by atoms with van der Waals surface area (Å²) in [5, 5.41) is 0. The van der Waals surface area contributed by atoms with E-state index in [-0.39, 0.29) is 12.1 Å². The van der Waals surface area contributed by atoms with Crippen LogP contribution in [0, 0.1) is 41.5 Å². The number of aromatic nitrogens is 1. The Bertz CT molecular complexity index is 1190. The van der Waals surface area contributed by atoms with Crippen molar-refractivity contribution >= 4 is 11.8 Å². The van der Waals surface area contributed by atoms with Crippen molar-refractivity contribution in [2.75, 3.05) is 13.2 Å². The zero-order chi connectivity index (χ0) is 24.0. The van der Waals surface area contributed by atoms with Crippen LogP contribution in [0.1, 0.15) is 68.0 Å². The Morgan fingerprint density at radius 3 is 1.38 bits per heavy atom. The van der Waals surface area contributed by atoms with Crippen molar-refractivity contribution in [3.8, 4) is 0 Å². The standard InChI is InChI=1S/C29H31N3O2/c1-16-10-18(3)26(19(4)11-16)24-14-33-28(31-24)22-8-7-9-23(30-22)29-32-25(15-34-29)27-20(5)12-17(2)13-21(27)6/h7-13,24-25H,14-15H2,1-6H3/t24-,25-/m0/s1. The van der Waals surface area contributed by atoms with Gasteiger partial charge in [0.25, 0.3) is 0 Å². The number of ether oxygens (including phenoxy) is 2. The summed E-state index contributed by atoms with van der Waals surface area (Å²) in [6.07, 6.45) is 0. The molecule has 0 radical (unpaired) electrons. The lowest BCUT2D eigenvalue weighted by Gasteiger charge is -2.14. The summed E-state index contributed by atoms with van der Waals surface area (Å²) in [5.74, 6) is 1.15. The highest BCUT2D eigenvalue weighted by Crippen LogP contribution is 2.32. The molecule has 1 aromatic heterocycles. The summed E-state index contributed by atoms with van der Waals surface area (Å²) < 4.78 is 12.0. The van der Waals surface area contributed by atoms with Gasteiger partial charge in [-0.05, 0) is 87.1 Å². The molecule has 0 saturated carbocycles. The molecule has 0 N–H and O–H groups in total. The minimum absolute atomic E-state index is 0.0157. The molecule has 5 rings (SSSR count). The molecule has 0 saturated heterocycles. The summed E-state index contributed by atoms with van der Waals surface area (Å²) in [4.78, 5) is 14.6. The van der Waals surface area contributed by atoms with Gasteiger partial charge in [0.15, 0.2) is 0 Å². The maximum Gasteiger partial charge on any atom is 0.236 e. The van der Waals surface area contributed by atoms with Crippen LogP contribution >= 0.6 is 0 Å². The molecule has 5 nitrogen and oxygen atoms in total. The van der Waals surface area contributed by atoms with E-state index in [2.05, 4.69) is 65.8 Å². The van der Waals surface area contributed by atoms with Gasteiger partial charge >= 0.3 is 0 Å². The molecule has 0 spiro atoms. The number of benzene rings is 2. The molecule has 34 heavy (non-hydrogen) atoms. The van der Waals surface area contributed by atoms with Gasteiger partial charge in [0.2, 0.25) is 11.8 Å². The second kappa shape index (κ2) is 8.71. The molecule has 2 aliphatic heterocycles. The van der Waals surface area contributed by atoms with Crippen molar-refractivity contribution in [3.05, 3.63) is 98.4 Å². The third-order valence-electron chi connectivity index (χ3n) is 6.63. The van der Waals surface area contributed by atoms with Gasteiger partial charge in [0.1, 0.15) is 36.7 Å². The van der Waals surface area contributed by atoms with E-state index in [1.807, 2.05) is 18.2 Å². The summed E-state index contributed by atoms with van der Waals surface area (Å²) in [6.45, 7) is 13.9. The lowest BCUT2D eigenvalue weighted by Crippen LogP contribution is -2.10. The summed E-state index contributed by atoms with van der Waals surface area (Å²) >= 11 is 0. The number of pyridine rings is 1. The van der Waals surface area contributed by atoms with Crippen LogP contribution in [0.2, 0.25) is 0 Å². The van der Waals surface area contributed by atoms with Crippen LogP contribution < -0.4 is 0 Å². The van der Waals surface area contributed by atoms with Gasteiger partial charge < -0.3 is 9.47 Å². The first-order chi connectivity index (χ1) is 16.3. The first-order valence-electron chi connectivity index (χ1n) is 11.8. The Morgan fingerprint density at radius 2 is 1.00 bits per heavy atom. The number of hydrogen-bond donors (Lipinski definition) is 0. The van der Waals surface area contributed by atoms with E-state index < -0.39 is 0 Å². The molecule has 2 aliphatic rings. The third kappa shape index (κ3) is 4.11. The van der Waals surface area contributed by atoms with Crippen LogP contribution in [-0.2, 0) is 9.47 Å². The Kier molecular flexibility index (Phi) is 5.72. The van der Waals surface area contributed by atoms with Gasteiger partial charge in [-0.2, -0.15) is 0 Å². The number of rotatable bonds is 4. The SMILES string of the molecule is Cc1cc(C)c([C@@H]2COC(c3cccc(C4=N[C@H](c5c(C)cc(C)cc5C)CO4)n3)=N2)c(C)c1.